The summed E-state index contributed by atoms with van der Waals surface area (Å²) in [6.45, 7) is 0. The Bertz CT molecular complexity index is 563. The molecule has 3 N–H and O–H groups in total. The molecule has 0 radical (unpaired) electrons. The van der Waals surface area contributed by atoms with Crippen molar-refractivity contribution >= 4 is 27.5 Å². The van der Waals surface area contributed by atoms with Crippen molar-refractivity contribution < 1.29 is 12.8 Å². The second-order valence-corrected chi connectivity index (χ2v) is 7.52. The van der Waals surface area contributed by atoms with Crippen molar-refractivity contribution in [2.75, 3.05) is 12.0 Å². The number of hydrogen-bond acceptors (Lipinski definition) is 4. The number of benzene rings is 1. The van der Waals surface area contributed by atoms with Gasteiger partial charge < -0.3 is 5.73 Å². The predicted molar refractivity (Wildman–Crippen MR) is 76.1 cm³/mol. The number of rotatable bonds is 4. The van der Waals surface area contributed by atoms with Crippen LogP contribution in [-0.4, -0.2) is 26.0 Å². The molecule has 1 aromatic carbocycles. The van der Waals surface area contributed by atoms with Gasteiger partial charge in [-0.15, -0.1) is 0 Å². The molecule has 0 bridgehead atoms. The van der Waals surface area contributed by atoms with Gasteiger partial charge in [0.15, 0.2) is 0 Å². The lowest BCUT2D eigenvalue weighted by Crippen LogP contribution is -2.33. The molecule has 2 atom stereocenters. The van der Waals surface area contributed by atoms with E-state index in [0.717, 1.165) is 31.4 Å². The van der Waals surface area contributed by atoms with Gasteiger partial charge in [0.2, 0.25) is 10.0 Å². The molecule has 1 saturated carbocycles. The molecule has 0 amide bonds. The molecule has 2 rings (SSSR count). The molecular weight excluding hydrogens is 287 g/mol. The zero-order chi connectivity index (χ0) is 14.0. The van der Waals surface area contributed by atoms with E-state index in [1.165, 1.54) is 6.07 Å². The predicted octanol–water partition coefficient (Wildman–Crippen LogP) is 1.97. The number of sulfonamides is 1. The summed E-state index contributed by atoms with van der Waals surface area (Å²) >= 11 is 1.76. The molecule has 0 spiro atoms. The normalized spacial score (nSPS) is 23.7. The van der Waals surface area contributed by atoms with Crippen molar-refractivity contribution in [2.45, 2.75) is 35.4 Å². The molecule has 1 aliphatic carbocycles. The first-order valence-electron chi connectivity index (χ1n) is 6.02. The third kappa shape index (κ3) is 3.40. The third-order valence-corrected chi connectivity index (χ3v) is 5.93. The molecule has 2 unspecified atom stereocenters. The van der Waals surface area contributed by atoms with Crippen molar-refractivity contribution in [1.82, 2.24) is 4.72 Å². The lowest BCUT2D eigenvalue weighted by atomic mass is 10.3. The molecule has 4 nitrogen and oxygen atoms in total. The van der Waals surface area contributed by atoms with Crippen LogP contribution in [0.5, 0.6) is 0 Å². The highest BCUT2D eigenvalue weighted by Crippen LogP contribution is 2.29. The summed E-state index contributed by atoms with van der Waals surface area (Å²) in [7, 11) is -3.62. The van der Waals surface area contributed by atoms with Gasteiger partial charge in [-0.25, -0.2) is 17.5 Å². The van der Waals surface area contributed by atoms with E-state index in [1.54, 1.807) is 11.8 Å². The van der Waals surface area contributed by atoms with Crippen LogP contribution < -0.4 is 10.5 Å². The average Bonchev–Trinajstić information content (AvgIpc) is 2.79. The van der Waals surface area contributed by atoms with Gasteiger partial charge in [-0.1, -0.05) is 0 Å². The minimum atomic E-state index is -3.62. The maximum Gasteiger partial charge on any atom is 0.240 e. The zero-order valence-electron chi connectivity index (χ0n) is 10.6. The van der Waals surface area contributed by atoms with E-state index < -0.39 is 15.8 Å². The Labute approximate surface area is 117 Å². The highest BCUT2D eigenvalue weighted by atomic mass is 32.2. The number of thioether (sulfide) groups is 1. The molecule has 106 valence electrons. The summed E-state index contributed by atoms with van der Waals surface area (Å²) in [5.41, 5.74) is 5.24. The molecular formula is C12H17FN2O2S2. The van der Waals surface area contributed by atoms with Crippen molar-refractivity contribution in [3.05, 3.63) is 24.0 Å². The van der Waals surface area contributed by atoms with Gasteiger partial charge in [-0.2, -0.15) is 11.8 Å². The maximum atomic E-state index is 13.0. The van der Waals surface area contributed by atoms with E-state index in [9.17, 15) is 12.8 Å². The van der Waals surface area contributed by atoms with Gasteiger partial charge in [0, 0.05) is 11.3 Å². The first-order chi connectivity index (χ1) is 8.92. The fraction of sp³-hybridized carbons (Fsp3) is 0.500. The number of anilines is 1. The molecule has 0 aromatic heterocycles. The van der Waals surface area contributed by atoms with Gasteiger partial charge in [-0.05, 0) is 43.7 Å². The van der Waals surface area contributed by atoms with Crippen LogP contribution in [0.2, 0.25) is 0 Å². The Kier molecular flexibility index (Phi) is 4.37. The second-order valence-electron chi connectivity index (χ2n) is 4.67. The van der Waals surface area contributed by atoms with Crippen molar-refractivity contribution in [3.8, 4) is 0 Å². The summed E-state index contributed by atoms with van der Waals surface area (Å²) in [6, 6.07) is 3.41. The van der Waals surface area contributed by atoms with Crippen LogP contribution in [0.25, 0.3) is 0 Å². The lowest BCUT2D eigenvalue weighted by Gasteiger charge is -2.13. The molecule has 7 heteroatoms. The van der Waals surface area contributed by atoms with Gasteiger partial charge in [0.1, 0.15) is 5.82 Å². The molecule has 1 aliphatic rings. The largest absolute Gasteiger partial charge is 0.396 e. The number of halogens is 1. The Morgan fingerprint density at radius 3 is 2.74 bits per heavy atom. The molecule has 0 heterocycles. The first-order valence-corrected chi connectivity index (χ1v) is 8.79. The topological polar surface area (TPSA) is 72.2 Å². The van der Waals surface area contributed by atoms with Gasteiger partial charge in [0.05, 0.1) is 10.6 Å². The maximum absolute atomic E-state index is 13.0. The Hall–Kier alpha value is -0.790. The van der Waals surface area contributed by atoms with Gasteiger partial charge in [-0.3, -0.25) is 0 Å². The SMILES string of the molecule is CSC1CCC(NS(=O)(=O)c2ccc(F)c(N)c2)C1. The van der Waals surface area contributed by atoms with Crippen LogP contribution in [0.1, 0.15) is 19.3 Å². The first kappa shape index (κ1) is 14.6. The van der Waals surface area contributed by atoms with Crippen molar-refractivity contribution in [1.29, 1.82) is 0 Å². The second kappa shape index (κ2) is 5.68. The van der Waals surface area contributed by atoms with E-state index >= 15 is 0 Å². The summed E-state index contributed by atoms with van der Waals surface area (Å²) in [5, 5.41) is 0.506. The van der Waals surface area contributed by atoms with Crippen molar-refractivity contribution in [3.63, 3.8) is 0 Å². The quantitative estimate of drug-likeness (QED) is 0.834. The van der Waals surface area contributed by atoms with E-state index in [1.807, 2.05) is 6.26 Å². The Balaban J connectivity index is 2.12. The monoisotopic (exact) mass is 304 g/mol. The summed E-state index contributed by atoms with van der Waals surface area (Å²) in [6.07, 6.45) is 4.71. The summed E-state index contributed by atoms with van der Waals surface area (Å²) in [5.74, 6) is -0.609. The zero-order valence-corrected chi connectivity index (χ0v) is 12.2. The standard InChI is InChI=1S/C12H17FN2O2S2/c1-18-9-3-2-8(6-9)15-19(16,17)10-4-5-11(13)12(14)7-10/h4-5,7-9,15H,2-3,6,14H2,1H3. The smallest absolute Gasteiger partial charge is 0.240 e. The van der Waals surface area contributed by atoms with Crippen LogP contribution in [0.4, 0.5) is 10.1 Å². The molecule has 1 aromatic rings. The van der Waals surface area contributed by atoms with Crippen LogP contribution in [0.15, 0.2) is 23.1 Å². The minimum absolute atomic E-state index is 0.0130. The lowest BCUT2D eigenvalue weighted by molar-refractivity contribution is 0.552. The Morgan fingerprint density at radius 2 is 2.16 bits per heavy atom. The highest BCUT2D eigenvalue weighted by Gasteiger charge is 2.28. The van der Waals surface area contributed by atoms with E-state index in [2.05, 4.69) is 4.72 Å². The van der Waals surface area contributed by atoms with Crippen LogP contribution in [0.3, 0.4) is 0 Å². The van der Waals surface area contributed by atoms with E-state index in [0.29, 0.717) is 5.25 Å². The van der Waals surface area contributed by atoms with Gasteiger partial charge >= 0.3 is 0 Å². The number of hydrogen-bond donors (Lipinski definition) is 2. The van der Waals surface area contributed by atoms with Crippen LogP contribution in [-0.2, 0) is 10.0 Å². The molecule has 0 saturated heterocycles. The fourth-order valence-electron chi connectivity index (χ4n) is 2.24. The fourth-order valence-corrected chi connectivity index (χ4v) is 4.35. The number of nitrogen functional groups attached to an aromatic ring is 1. The molecule has 0 aliphatic heterocycles. The number of nitrogens with two attached hydrogens (primary N) is 1. The Morgan fingerprint density at radius 1 is 1.42 bits per heavy atom. The highest BCUT2D eigenvalue weighted by molar-refractivity contribution is 7.99. The minimum Gasteiger partial charge on any atom is -0.396 e. The van der Waals surface area contributed by atoms with Crippen molar-refractivity contribution in [2.24, 2.45) is 0 Å². The average molecular weight is 304 g/mol. The van der Waals surface area contributed by atoms with E-state index in [-0.39, 0.29) is 16.6 Å². The molecule has 1 fully saturated rings. The summed E-state index contributed by atoms with van der Waals surface area (Å²) in [4.78, 5) is 0.0130. The third-order valence-electron chi connectivity index (χ3n) is 3.32. The van der Waals surface area contributed by atoms with E-state index in [4.69, 9.17) is 5.73 Å². The van der Waals surface area contributed by atoms with Crippen LogP contribution >= 0.6 is 11.8 Å². The number of nitrogens with one attached hydrogen (secondary N) is 1. The summed E-state index contributed by atoms with van der Waals surface area (Å²) < 4.78 is 40.0. The van der Waals surface area contributed by atoms with Crippen LogP contribution in [0, 0.1) is 5.82 Å². The molecule has 19 heavy (non-hydrogen) atoms. The van der Waals surface area contributed by atoms with Gasteiger partial charge in [0.25, 0.3) is 0 Å².